The lowest BCUT2D eigenvalue weighted by atomic mass is 10.1. The minimum absolute atomic E-state index is 0.712. The normalized spacial score (nSPS) is 20.0. The molecule has 1 fully saturated rings. The highest BCUT2D eigenvalue weighted by Crippen LogP contribution is 2.16. The molecule has 1 unspecified atom stereocenters. The Bertz CT molecular complexity index is 331. The van der Waals surface area contributed by atoms with Crippen LogP contribution in [0, 0.1) is 5.92 Å². The second kappa shape index (κ2) is 6.03. The van der Waals surface area contributed by atoms with Crippen molar-refractivity contribution in [3.8, 4) is 0 Å². The lowest BCUT2D eigenvalue weighted by Crippen LogP contribution is -2.29. The summed E-state index contributed by atoms with van der Waals surface area (Å²) in [5, 5.41) is 0. The van der Waals surface area contributed by atoms with Gasteiger partial charge in [-0.05, 0) is 36.6 Å². The van der Waals surface area contributed by atoms with Crippen LogP contribution in [0.5, 0.6) is 0 Å². The molecule has 1 atom stereocenters. The zero-order valence-electron chi connectivity index (χ0n) is 10.6. The van der Waals surface area contributed by atoms with E-state index in [-0.39, 0.29) is 0 Å². The van der Waals surface area contributed by atoms with Gasteiger partial charge in [0.1, 0.15) is 0 Å². The van der Waals surface area contributed by atoms with Crippen LogP contribution >= 0.6 is 0 Å². The first-order valence-corrected chi connectivity index (χ1v) is 6.42. The topological polar surface area (TPSA) is 38.5 Å². The Morgan fingerprint density at radius 1 is 1.35 bits per heavy atom. The highest BCUT2D eigenvalue weighted by Gasteiger charge is 2.18. The monoisotopic (exact) mass is 234 g/mol. The van der Waals surface area contributed by atoms with Gasteiger partial charge in [-0.25, -0.2) is 0 Å². The summed E-state index contributed by atoms with van der Waals surface area (Å²) in [5.41, 5.74) is 7.86. The van der Waals surface area contributed by atoms with Crippen LogP contribution in [0.3, 0.4) is 0 Å². The predicted octanol–water partition coefficient (Wildman–Crippen LogP) is 2.13. The predicted molar refractivity (Wildman–Crippen MR) is 70.7 cm³/mol. The average Bonchev–Trinajstić information content (AvgIpc) is 2.84. The molecule has 1 heterocycles. The molecule has 0 radical (unpaired) electrons. The SMILES string of the molecule is CCN(Cc1ccc(N)cc1)CC1CCOC1. The highest BCUT2D eigenvalue weighted by molar-refractivity contribution is 5.39. The molecular formula is C14H22N2O. The van der Waals surface area contributed by atoms with E-state index in [9.17, 15) is 0 Å². The number of rotatable bonds is 5. The maximum absolute atomic E-state index is 5.69. The Balaban J connectivity index is 1.87. The molecule has 94 valence electrons. The fourth-order valence-electron chi connectivity index (χ4n) is 2.28. The molecule has 0 saturated carbocycles. The maximum Gasteiger partial charge on any atom is 0.0507 e. The zero-order chi connectivity index (χ0) is 12.1. The molecule has 1 aromatic carbocycles. The van der Waals surface area contributed by atoms with Crippen LogP contribution < -0.4 is 5.73 Å². The standard InChI is InChI=1S/C14H22N2O/c1-2-16(10-13-7-8-17-11-13)9-12-3-5-14(15)6-4-12/h3-6,13H,2,7-11,15H2,1H3. The van der Waals surface area contributed by atoms with Gasteiger partial charge in [-0.15, -0.1) is 0 Å². The van der Waals surface area contributed by atoms with Crippen molar-refractivity contribution in [3.05, 3.63) is 29.8 Å². The summed E-state index contributed by atoms with van der Waals surface area (Å²) in [6.07, 6.45) is 1.21. The Labute approximate surface area is 104 Å². The van der Waals surface area contributed by atoms with Crippen molar-refractivity contribution in [1.29, 1.82) is 0 Å². The van der Waals surface area contributed by atoms with Crippen molar-refractivity contribution in [2.24, 2.45) is 5.92 Å². The summed E-state index contributed by atoms with van der Waals surface area (Å²) in [4.78, 5) is 2.48. The first-order valence-electron chi connectivity index (χ1n) is 6.42. The Hall–Kier alpha value is -1.06. The smallest absolute Gasteiger partial charge is 0.0507 e. The molecule has 0 amide bonds. The maximum atomic E-state index is 5.69. The largest absolute Gasteiger partial charge is 0.399 e. The van der Waals surface area contributed by atoms with E-state index in [4.69, 9.17) is 10.5 Å². The lowest BCUT2D eigenvalue weighted by molar-refractivity contribution is 0.167. The number of ether oxygens (including phenoxy) is 1. The molecule has 1 saturated heterocycles. The third-order valence-corrected chi connectivity index (χ3v) is 3.37. The van der Waals surface area contributed by atoms with E-state index in [2.05, 4.69) is 24.0 Å². The minimum Gasteiger partial charge on any atom is -0.399 e. The van der Waals surface area contributed by atoms with Crippen LogP contribution in [0.4, 0.5) is 5.69 Å². The van der Waals surface area contributed by atoms with Crippen molar-refractivity contribution in [3.63, 3.8) is 0 Å². The molecule has 3 nitrogen and oxygen atoms in total. The summed E-state index contributed by atoms with van der Waals surface area (Å²) in [6.45, 7) is 7.31. The number of anilines is 1. The van der Waals surface area contributed by atoms with Gasteiger partial charge in [-0.1, -0.05) is 19.1 Å². The van der Waals surface area contributed by atoms with Gasteiger partial charge in [0, 0.05) is 25.4 Å². The Morgan fingerprint density at radius 3 is 2.71 bits per heavy atom. The van der Waals surface area contributed by atoms with Gasteiger partial charge in [0.15, 0.2) is 0 Å². The minimum atomic E-state index is 0.712. The van der Waals surface area contributed by atoms with E-state index in [1.165, 1.54) is 12.0 Å². The summed E-state index contributed by atoms with van der Waals surface area (Å²) in [6, 6.07) is 8.18. The van der Waals surface area contributed by atoms with Crippen LogP contribution in [-0.2, 0) is 11.3 Å². The van der Waals surface area contributed by atoms with Crippen molar-refractivity contribution in [2.75, 3.05) is 32.0 Å². The number of hydrogen-bond donors (Lipinski definition) is 1. The van der Waals surface area contributed by atoms with Crippen molar-refractivity contribution >= 4 is 5.69 Å². The van der Waals surface area contributed by atoms with Gasteiger partial charge in [0.25, 0.3) is 0 Å². The number of hydrogen-bond acceptors (Lipinski definition) is 3. The van der Waals surface area contributed by atoms with Crippen LogP contribution in [0.25, 0.3) is 0 Å². The molecule has 17 heavy (non-hydrogen) atoms. The molecular weight excluding hydrogens is 212 g/mol. The van der Waals surface area contributed by atoms with Gasteiger partial charge in [0.05, 0.1) is 6.61 Å². The van der Waals surface area contributed by atoms with Gasteiger partial charge in [-0.2, -0.15) is 0 Å². The highest BCUT2D eigenvalue weighted by atomic mass is 16.5. The molecule has 0 spiro atoms. The number of nitrogens with two attached hydrogens (primary N) is 1. The molecule has 1 aliphatic rings. The second-order valence-corrected chi connectivity index (χ2v) is 4.80. The van der Waals surface area contributed by atoms with Crippen molar-refractivity contribution < 1.29 is 4.74 Å². The molecule has 0 bridgehead atoms. The van der Waals surface area contributed by atoms with E-state index in [0.717, 1.165) is 38.5 Å². The third-order valence-electron chi connectivity index (χ3n) is 3.37. The quantitative estimate of drug-likeness (QED) is 0.793. The zero-order valence-corrected chi connectivity index (χ0v) is 10.6. The fraction of sp³-hybridized carbons (Fsp3) is 0.571. The molecule has 0 aromatic heterocycles. The van der Waals surface area contributed by atoms with Gasteiger partial charge in [0.2, 0.25) is 0 Å². The van der Waals surface area contributed by atoms with Gasteiger partial charge < -0.3 is 10.5 Å². The third kappa shape index (κ3) is 3.72. The van der Waals surface area contributed by atoms with E-state index >= 15 is 0 Å². The number of benzene rings is 1. The average molecular weight is 234 g/mol. The molecule has 2 N–H and O–H groups in total. The van der Waals surface area contributed by atoms with Crippen molar-refractivity contribution in [2.45, 2.75) is 19.9 Å². The van der Waals surface area contributed by atoms with Crippen LogP contribution in [-0.4, -0.2) is 31.2 Å². The summed E-state index contributed by atoms with van der Waals surface area (Å²) < 4.78 is 5.43. The molecule has 3 heteroatoms. The number of nitrogen functional groups attached to an aromatic ring is 1. The molecule has 1 aliphatic heterocycles. The van der Waals surface area contributed by atoms with E-state index in [0.29, 0.717) is 5.92 Å². The first-order chi connectivity index (χ1) is 8.28. The van der Waals surface area contributed by atoms with Crippen LogP contribution in [0.2, 0.25) is 0 Å². The van der Waals surface area contributed by atoms with Gasteiger partial charge >= 0.3 is 0 Å². The summed E-state index contributed by atoms with van der Waals surface area (Å²) in [7, 11) is 0. The lowest BCUT2D eigenvalue weighted by Gasteiger charge is -2.23. The first kappa shape index (κ1) is 12.4. The second-order valence-electron chi connectivity index (χ2n) is 4.80. The molecule has 0 aliphatic carbocycles. The summed E-state index contributed by atoms with van der Waals surface area (Å²) in [5.74, 6) is 0.712. The van der Waals surface area contributed by atoms with E-state index in [1.807, 2.05) is 12.1 Å². The fourth-order valence-corrected chi connectivity index (χ4v) is 2.28. The van der Waals surface area contributed by atoms with Crippen LogP contribution in [0.15, 0.2) is 24.3 Å². The van der Waals surface area contributed by atoms with Crippen molar-refractivity contribution in [1.82, 2.24) is 4.90 Å². The molecule has 1 aromatic rings. The van der Waals surface area contributed by atoms with Crippen LogP contribution in [0.1, 0.15) is 18.9 Å². The molecule has 2 rings (SSSR count). The Kier molecular flexibility index (Phi) is 4.40. The van der Waals surface area contributed by atoms with E-state index < -0.39 is 0 Å². The summed E-state index contributed by atoms with van der Waals surface area (Å²) >= 11 is 0. The van der Waals surface area contributed by atoms with Gasteiger partial charge in [-0.3, -0.25) is 4.90 Å². The van der Waals surface area contributed by atoms with E-state index in [1.54, 1.807) is 0 Å². The Morgan fingerprint density at radius 2 is 2.12 bits per heavy atom. The number of nitrogens with zero attached hydrogens (tertiary/aromatic N) is 1.